The number of aromatic nitrogens is 2. The molecule has 1 N–H and O–H groups in total. The van der Waals surface area contributed by atoms with Crippen LogP contribution in [-0.2, 0) is 23.4 Å². The maximum absolute atomic E-state index is 13.2. The predicted octanol–water partition coefficient (Wildman–Crippen LogP) is 9.00. The fourth-order valence-electron chi connectivity index (χ4n) is 5.71. The monoisotopic (exact) mass is 574 g/mol. The smallest absolute Gasteiger partial charge is 0.433 e. The van der Waals surface area contributed by atoms with Crippen molar-refractivity contribution in [2.24, 2.45) is 5.41 Å². The zero-order valence-corrected chi connectivity index (χ0v) is 26.5. The summed E-state index contributed by atoms with van der Waals surface area (Å²) in [6.45, 7) is 19.8. The maximum Gasteiger partial charge on any atom is 0.433 e. The van der Waals surface area contributed by atoms with Gasteiger partial charge in [0.05, 0.1) is 5.76 Å². The lowest BCUT2D eigenvalue weighted by atomic mass is 9.71. The van der Waals surface area contributed by atoms with Crippen LogP contribution in [0.4, 0.5) is 13.2 Å². The number of hydrogen-bond acceptors (Lipinski definition) is 4. The van der Waals surface area contributed by atoms with E-state index in [2.05, 4.69) is 72.6 Å². The minimum Gasteiger partial charge on any atom is -0.546 e. The summed E-state index contributed by atoms with van der Waals surface area (Å²) in [6.07, 6.45) is 2.11. The van der Waals surface area contributed by atoms with E-state index in [9.17, 15) is 18.3 Å². The molecule has 0 spiro atoms. The summed E-state index contributed by atoms with van der Waals surface area (Å²) in [6, 6.07) is 2.29. The third-order valence-corrected chi connectivity index (χ3v) is 13.4. The molecule has 0 bridgehead atoms. The molecule has 0 unspecified atom stereocenters. The highest BCUT2D eigenvalue weighted by molar-refractivity contribution is 6.74. The fourth-order valence-corrected chi connectivity index (χ4v) is 6.83. The van der Waals surface area contributed by atoms with Crippen LogP contribution < -0.4 is 0 Å². The minimum atomic E-state index is -4.54. The van der Waals surface area contributed by atoms with E-state index in [1.807, 2.05) is 0 Å². The SMILES string of the molecule is CC(C)c1nc2c(c([C@@H]3CCC=C3O[Si](C)(C)C(C)(C)C)c1[C@H](O)c1ccc(C(F)(F)F)nc1)CCC(C)(C)C2. The molecule has 40 heavy (non-hydrogen) atoms. The van der Waals surface area contributed by atoms with Crippen molar-refractivity contribution in [1.29, 1.82) is 0 Å². The first-order valence-corrected chi connectivity index (χ1v) is 17.4. The Morgan fingerprint density at radius 1 is 1.12 bits per heavy atom. The molecule has 0 amide bonds. The number of pyridine rings is 2. The fraction of sp³-hybridized carbons (Fsp3) is 0.625. The Morgan fingerprint density at radius 2 is 1.80 bits per heavy atom. The summed E-state index contributed by atoms with van der Waals surface area (Å²) in [5.41, 5.74) is 4.33. The van der Waals surface area contributed by atoms with Crippen LogP contribution in [0.3, 0.4) is 0 Å². The van der Waals surface area contributed by atoms with E-state index in [0.29, 0.717) is 11.1 Å². The summed E-state index contributed by atoms with van der Waals surface area (Å²) in [5.74, 6) is 0.950. The molecular weight excluding hydrogens is 529 g/mol. The number of nitrogens with zero attached hydrogens (tertiary/aromatic N) is 2. The van der Waals surface area contributed by atoms with E-state index in [4.69, 9.17) is 9.41 Å². The average molecular weight is 575 g/mol. The lowest BCUT2D eigenvalue weighted by molar-refractivity contribution is -0.141. The van der Waals surface area contributed by atoms with Crippen LogP contribution in [0.5, 0.6) is 0 Å². The lowest BCUT2D eigenvalue weighted by Gasteiger charge is -2.40. The first-order valence-electron chi connectivity index (χ1n) is 14.5. The molecule has 2 heterocycles. The molecule has 8 heteroatoms. The van der Waals surface area contributed by atoms with Gasteiger partial charge in [0.15, 0.2) is 0 Å². The molecule has 4 nitrogen and oxygen atoms in total. The molecular formula is C32H45F3N2O2Si. The average Bonchev–Trinajstić information content (AvgIpc) is 3.27. The Morgan fingerprint density at radius 3 is 2.35 bits per heavy atom. The quantitative estimate of drug-likeness (QED) is 0.350. The van der Waals surface area contributed by atoms with E-state index in [1.165, 1.54) is 11.6 Å². The molecule has 2 aliphatic rings. The van der Waals surface area contributed by atoms with Gasteiger partial charge in [0.25, 0.3) is 0 Å². The standard InChI is InChI=1S/C32H45F3N2O2Si/c1-19(2)28-27(29(38)20-13-14-25(36-18-20)32(33,34)35)26(21-15-16-31(6,7)17-23(21)37-28)22-11-10-12-24(22)39-40(8,9)30(3,4)5/h12-14,18-19,22,29,38H,10-11,15-17H2,1-9H3/t22-,29-/m1/s1. The Balaban J connectivity index is 1.92. The van der Waals surface area contributed by atoms with Gasteiger partial charge in [0.1, 0.15) is 11.8 Å². The molecule has 2 atom stereocenters. The van der Waals surface area contributed by atoms with Gasteiger partial charge in [-0.05, 0) is 84.8 Å². The lowest BCUT2D eigenvalue weighted by Crippen LogP contribution is -2.41. The van der Waals surface area contributed by atoms with Gasteiger partial charge in [-0.2, -0.15) is 13.2 Å². The van der Waals surface area contributed by atoms with Crippen LogP contribution in [0.25, 0.3) is 0 Å². The number of halogens is 3. The van der Waals surface area contributed by atoms with Crippen molar-refractivity contribution in [2.45, 2.75) is 123 Å². The molecule has 0 aliphatic heterocycles. The molecule has 2 aliphatic carbocycles. The number of aliphatic hydroxyl groups is 1. The van der Waals surface area contributed by atoms with Crippen LogP contribution in [0.15, 0.2) is 30.2 Å². The molecule has 0 saturated heterocycles. The number of allylic oxidation sites excluding steroid dienone is 2. The second kappa shape index (κ2) is 10.6. The molecule has 0 fully saturated rings. The predicted molar refractivity (Wildman–Crippen MR) is 156 cm³/mol. The van der Waals surface area contributed by atoms with Gasteiger partial charge in [-0.1, -0.05) is 54.5 Å². The van der Waals surface area contributed by atoms with Crippen molar-refractivity contribution >= 4 is 8.32 Å². The van der Waals surface area contributed by atoms with Gasteiger partial charge in [0, 0.05) is 34.6 Å². The third-order valence-electron chi connectivity index (χ3n) is 9.08. The van der Waals surface area contributed by atoms with Crippen molar-refractivity contribution in [3.8, 4) is 0 Å². The molecule has 0 aromatic carbocycles. The second-order valence-corrected chi connectivity index (χ2v) is 18.9. The Hall–Kier alpha value is -2.19. The van der Waals surface area contributed by atoms with E-state index in [0.717, 1.165) is 67.1 Å². The van der Waals surface area contributed by atoms with Crippen molar-refractivity contribution in [1.82, 2.24) is 9.97 Å². The largest absolute Gasteiger partial charge is 0.546 e. The summed E-state index contributed by atoms with van der Waals surface area (Å²) in [7, 11) is -2.13. The van der Waals surface area contributed by atoms with Crippen LogP contribution in [0, 0.1) is 5.41 Å². The summed E-state index contributed by atoms with van der Waals surface area (Å²) in [4.78, 5) is 8.83. The number of fused-ring (bicyclic) bond motifs is 1. The molecule has 0 radical (unpaired) electrons. The normalized spacial score (nSPS) is 20.4. The number of hydrogen-bond donors (Lipinski definition) is 1. The van der Waals surface area contributed by atoms with E-state index in [-0.39, 0.29) is 22.3 Å². The second-order valence-electron chi connectivity index (χ2n) is 14.2. The Labute approximate surface area is 238 Å². The van der Waals surface area contributed by atoms with Crippen LogP contribution in [0.2, 0.25) is 18.1 Å². The van der Waals surface area contributed by atoms with Gasteiger partial charge in [0.2, 0.25) is 8.32 Å². The number of alkyl halides is 3. The molecule has 4 rings (SSSR count). The van der Waals surface area contributed by atoms with E-state index >= 15 is 0 Å². The first kappa shape index (κ1) is 30.8. The summed E-state index contributed by atoms with van der Waals surface area (Å²) in [5, 5.41) is 11.9. The van der Waals surface area contributed by atoms with Gasteiger partial charge in [-0.3, -0.25) is 9.97 Å². The Bertz CT molecular complexity index is 1280. The van der Waals surface area contributed by atoms with Gasteiger partial charge in [-0.25, -0.2) is 0 Å². The Kier molecular flexibility index (Phi) is 8.13. The zero-order chi connectivity index (χ0) is 29.8. The van der Waals surface area contributed by atoms with Crippen molar-refractivity contribution in [3.63, 3.8) is 0 Å². The van der Waals surface area contributed by atoms with Crippen LogP contribution >= 0.6 is 0 Å². The van der Waals surface area contributed by atoms with E-state index < -0.39 is 26.3 Å². The third kappa shape index (κ3) is 6.03. The molecule has 2 aromatic rings. The van der Waals surface area contributed by atoms with Gasteiger partial charge >= 0.3 is 6.18 Å². The van der Waals surface area contributed by atoms with Crippen molar-refractivity contribution in [3.05, 3.63) is 69.5 Å². The summed E-state index contributed by atoms with van der Waals surface area (Å²) >= 11 is 0. The highest BCUT2D eigenvalue weighted by Gasteiger charge is 2.43. The minimum absolute atomic E-state index is 0.0105. The van der Waals surface area contributed by atoms with Gasteiger partial charge in [-0.15, -0.1) is 0 Å². The van der Waals surface area contributed by atoms with Crippen LogP contribution in [0.1, 0.15) is 125 Å². The maximum atomic E-state index is 13.2. The van der Waals surface area contributed by atoms with Gasteiger partial charge < -0.3 is 9.53 Å². The molecule has 0 saturated carbocycles. The van der Waals surface area contributed by atoms with Crippen molar-refractivity contribution < 1.29 is 22.7 Å². The van der Waals surface area contributed by atoms with Crippen molar-refractivity contribution in [2.75, 3.05) is 0 Å². The molecule has 220 valence electrons. The zero-order valence-electron chi connectivity index (χ0n) is 25.5. The number of rotatable bonds is 6. The summed E-state index contributed by atoms with van der Waals surface area (Å²) < 4.78 is 46.6. The number of aliphatic hydroxyl groups excluding tert-OH is 1. The van der Waals surface area contributed by atoms with Crippen LogP contribution in [-0.4, -0.2) is 23.4 Å². The highest BCUT2D eigenvalue weighted by atomic mass is 28.4. The highest BCUT2D eigenvalue weighted by Crippen LogP contribution is 2.50. The molecule has 2 aromatic heterocycles. The topological polar surface area (TPSA) is 55.2 Å². The first-order chi connectivity index (χ1) is 18.3. The van der Waals surface area contributed by atoms with E-state index in [1.54, 1.807) is 0 Å².